The van der Waals surface area contributed by atoms with Crippen LogP contribution in [0.3, 0.4) is 0 Å². The van der Waals surface area contributed by atoms with Gasteiger partial charge >= 0.3 is 0 Å². The van der Waals surface area contributed by atoms with Crippen molar-refractivity contribution in [3.63, 3.8) is 0 Å². The van der Waals surface area contributed by atoms with Gasteiger partial charge in [-0.3, -0.25) is 4.79 Å². The number of nitrogens with zero attached hydrogens (tertiary/aromatic N) is 2. The Balaban J connectivity index is 1.64. The van der Waals surface area contributed by atoms with Gasteiger partial charge in [-0.05, 0) is 48.9 Å². The van der Waals surface area contributed by atoms with Gasteiger partial charge in [0.2, 0.25) is 0 Å². The summed E-state index contributed by atoms with van der Waals surface area (Å²) in [6.07, 6.45) is 0. The predicted molar refractivity (Wildman–Crippen MR) is 91.4 cm³/mol. The second-order valence-electron chi connectivity index (χ2n) is 5.70. The minimum absolute atomic E-state index is 0.0145. The average Bonchev–Trinajstić information content (AvgIpc) is 2.85. The molecule has 1 aromatic heterocycles. The van der Waals surface area contributed by atoms with Crippen molar-refractivity contribution in [3.8, 4) is 17.0 Å². The lowest BCUT2D eigenvalue weighted by atomic mass is 10.1. The second kappa shape index (κ2) is 5.73. The van der Waals surface area contributed by atoms with Crippen LogP contribution in [0, 0.1) is 6.92 Å². The molecule has 1 heterocycles. The van der Waals surface area contributed by atoms with Gasteiger partial charge in [-0.15, -0.1) is 5.10 Å². The van der Waals surface area contributed by atoms with Crippen molar-refractivity contribution in [2.75, 3.05) is 0 Å². The van der Waals surface area contributed by atoms with Crippen molar-refractivity contribution in [2.45, 2.75) is 13.5 Å². The standard InChI is InChI=1S/C19H13ClN2O2/c1-11-7-17-18(22-21-11)16-9-14(5-6-15(16)19(17)23)24-10-12-3-2-4-13(20)8-12/h2-9H,10H2,1H3. The minimum Gasteiger partial charge on any atom is -0.489 e. The number of aryl methyl sites for hydroxylation is 1. The summed E-state index contributed by atoms with van der Waals surface area (Å²) in [5.74, 6) is 0.663. The molecule has 24 heavy (non-hydrogen) atoms. The van der Waals surface area contributed by atoms with Gasteiger partial charge < -0.3 is 4.74 Å². The van der Waals surface area contributed by atoms with E-state index in [0.29, 0.717) is 34.2 Å². The van der Waals surface area contributed by atoms with E-state index in [4.69, 9.17) is 16.3 Å². The maximum Gasteiger partial charge on any atom is 0.196 e. The van der Waals surface area contributed by atoms with Crippen LogP contribution in [0.2, 0.25) is 5.02 Å². The number of halogens is 1. The number of aromatic nitrogens is 2. The van der Waals surface area contributed by atoms with Gasteiger partial charge in [0.25, 0.3) is 0 Å². The van der Waals surface area contributed by atoms with Crippen LogP contribution in [0.1, 0.15) is 27.2 Å². The van der Waals surface area contributed by atoms with Crippen molar-refractivity contribution in [1.82, 2.24) is 10.2 Å². The number of ether oxygens (including phenoxy) is 1. The van der Waals surface area contributed by atoms with Crippen LogP contribution in [0.15, 0.2) is 48.5 Å². The summed E-state index contributed by atoms with van der Waals surface area (Å²) in [6, 6.07) is 14.7. The highest BCUT2D eigenvalue weighted by Gasteiger charge is 2.29. The Morgan fingerprint density at radius 1 is 1.00 bits per heavy atom. The Hall–Kier alpha value is -2.72. The summed E-state index contributed by atoms with van der Waals surface area (Å²) >= 11 is 5.98. The number of rotatable bonds is 3. The zero-order chi connectivity index (χ0) is 16.7. The molecule has 0 bridgehead atoms. The molecule has 4 rings (SSSR count). The van der Waals surface area contributed by atoms with E-state index in [0.717, 1.165) is 16.8 Å². The van der Waals surface area contributed by atoms with Gasteiger partial charge in [-0.1, -0.05) is 23.7 Å². The first-order valence-electron chi connectivity index (χ1n) is 7.52. The lowest BCUT2D eigenvalue weighted by Crippen LogP contribution is -1.98. The molecule has 3 aromatic rings. The molecule has 0 saturated heterocycles. The third-order valence-electron chi connectivity index (χ3n) is 3.95. The maximum absolute atomic E-state index is 12.4. The van der Waals surface area contributed by atoms with E-state index < -0.39 is 0 Å². The van der Waals surface area contributed by atoms with E-state index in [2.05, 4.69) is 10.2 Å². The Bertz CT molecular complexity index is 969. The summed E-state index contributed by atoms with van der Waals surface area (Å²) in [6.45, 7) is 2.23. The molecule has 5 heteroatoms. The van der Waals surface area contributed by atoms with Crippen LogP contribution in [0.4, 0.5) is 0 Å². The molecule has 1 aliphatic carbocycles. The third-order valence-corrected chi connectivity index (χ3v) is 4.18. The van der Waals surface area contributed by atoms with Gasteiger partial charge in [-0.2, -0.15) is 5.10 Å². The fraction of sp³-hybridized carbons (Fsp3) is 0.105. The molecule has 0 fully saturated rings. The summed E-state index contributed by atoms with van der Waals surface area (Å²) in [7, 11) is 0. The number of fused-ring (bicyclic) bond motifs is 3. The highest BCUT2D eigenvalue weighted by Crippen LogP contribution is 2.37. The Morgan fingerprint density at radius 3 is 2.71 bits per heavy atom. The molecule has 0 radical (unpaired) electrons. The van der Waals surface area contributed by atoms with E-state index in [1.54, 1.807) is 18.2 Å². The van der Waals surface area contributed by atoms with E-state index in [-0.39, 0.29) is 5.78 Å². The number of ketones is 1. The molecule has 118 valence electrons. The van der Waals surface area contributed by atoms with Crippen LogP contribution in [0.5, 0.6) is 5.75 Å². The van der Waals surface area contributed by atoms with Gasteiger partial charge in [0, 0.05) is 16.1 Å². The second-order valence-corrected chi connectivity index (χ2v) is 6.14. The third kappa shape index (κ3) is 2.55. The summed E-state index contributed by atoms with van der Waals surface area (Å²) in [4.78, 5) is 12.4. The molecule has 0 spiro atoms. The largest absolute Gasteiger partial charge is 0.489 e. The number of benzene rings is 2. The predicted octanol–water partition coefficient (Wildman–Crippen LogP) is 4.23. The van der Waals surface area contributed by atoms with Crippen molar-refractivity contribution in [3.05, 3.63) is 75.9 Å². The minimum atomic E-state index is -0.0145. The molecule has 0 saturated carbocycles. The quantitative estimate of drug-likeness (QED) is 0.562. The first-order chi connectivity index (χ1) is 11.6. The van der Waals surface area contributed by atoms with Gasteiger partial charge in [-0.25, -0.2) is 0 Å². The first-order valence-corrected chi connectivity index (χ1v) is 7.90. The Morgan fingerprint density at radius 2 is 1.88 bits per heavy atom. The van der Waals surface area contributed by atoms with E-state index in [1.165, 1.54) is 0 Å². The van der Waals surface area contributed by atoms with Crippen LogP contribution >= 0.6 is 11.6 Å². The molecule has 1 aliphatic rings. The zero-order valence-electron chi connectivity index (χ0n) is 12.9. The smallest absolute Gasteiger partial charge is 0.196 e. The highest BCUT2D eigenvalue weighted by atomic mass is 35.5. The van der Waals surface area contributed by atoms with Crippen LogP contribution in [0.25, 0.3) is 11.3 Å². The topological polar surface area (TPSA) is 52.1 Å². The fourth-order valence-electron chi connectivity index (χ4n) is 2.81. The number of carbonyl (C=O) groups is 1. The SMILES string of the molecule is Cc1cc2c(nn1)-c1cc(OCc3cccc(Cl)c3)ccc1C2=O. The summed E-state index contributed by atoms with van der Waals surface area (Å²) in [5, 5.41) is 8.91. The number of carbonyl (C=O) groups excluding carboxylic acids is 1. The van der Waals surface area contributed by atoms with Crippen molar-refractivity contribution in [1.29, 1.82) is 0 Å². The van der Waals surface area contributed by atoms with Crippen molar-refractivity contribution >= 4 is 17.4 Å². The summed E-state index contributed by atoms with van der Waals surface area (Å²) < 4.78 is 5.83. The number of hydrogen-bond donors (Lipinski definition) is 0. The zero-order valence-corrected chi connectivity index (χ0v) is 13.7. The molecule has 0 unspecified atom stereocenters. The average molecular weight is 337 g/mol. The van der Waals surface area contributed by atoms with Crippen molar-refractivity contribution < 1.29 is 9.53 Å². The van der Waals surface area contributed by atoms with Gasteiger partial charge in [0.15, 0.2) is 5.78 Å². The highest BCUT2D eigenvalue weighted by molar-refractivity contribution is 6.30. The van der Waals surface area contributed by atoms with Crippen LogP contribution in [-0.2, 0) is 6.61 Å². The molecule has 0 N–H and O–H groups in total. The molecule has 0 atom stereocenters. The lowest BCUT2D eigenvalue weighted by Gasteiger charge is -2.08. The monoisotopic (exact) mass is 336 g/mol. The Kier molecular flexibility index (Phi) is 3.54. The normalized spacial score (nSPS) is 12.0. The van der Waals surface area contributed by atoms with Crippen LogP contribution in [-0.4, -0.2) is 16.0 Å². The molecular weight excluding hydrogens is 324 g/mol. The molecule has 0 aliphatic heterocycles. The number of hydrogen-bond acceptors (Lipinski definition) is 4. The fourth-order valence-corrected chi connectivity index (χ4v) is 3.02. The van der Waals surface area contributed by atoms with E-state index in [1.807, 2.05) is 37.3 Å². The Labute approximate surface area is 144 Å². The first kappa shape index (κ1) is 14.8. The van der Waals surface area contributed by atoms with E-state index >= 15 is 0 Å². The molecule has 4 nitrogen and oxygen atoms in total. The van der Waals surface area contributed by atoms with Crippen molar-refractivity contribution in [2.24, 2.45) is 0 Å². The molecule has 2 aromatic carbocycles. The maximum atomic E-state index is 12.4. The van der Waals surface area contributed by atoms with E-state index in [9.17, 15) is 4.79 Å². The summed E-state index contributed by atoms with van der Waals surface area (Å²) in [5.41, 5.74) is 4.34. The lowest BCUT2D eigenvalue weighted by molar-refractivity contribution is 0.104. The van der Waals surface area contributed by atoms with Gasteiger partial charge in [0.05, 0.1) is 11.3 Å². The molecular formula is C19H13ClN2O2. The van der Waals surface area contributed by atoms with Gasteiger partial charge in [0.1, 0.15) is 18.1 Å². The molecule has 0 amide bonds. The van der Waals surface area contributed by atoms with Crippen LogP contribution < -0.4 is 4.74 Å².